The minimum Gasteiger partial charge on any atom is -0.315 e. The van der Waals surface area contributed by atoms with E-state index in [2.05, 4.69) is 17.1 Å². The number of benzene rings is 1. The lowest BCUT2D eigenvalue weighted by molar-refractivity contribution is 0.271. The van der Waals surface area contributed by atoms with Gasteiger partial charge in [-0.2, -0.15) is 4.31 Å². The van der Waals surface area contributed by atoms with Gasteiger partial charge >= 0.3 is 0 Å². The molecule has 2 aromatic rings. The summed E-state index contributed by atoms with van der Waals surface area (Å²) in [5.74, 6) is 0.876. The van der Waals surface area contributed by atoms with Crippen LogP contribution < -0.4 is 0 Å². The van der Waals surface area contributed by atoms with Crippen LogP contribution in [0.1, 0.15) is 37.2 Å². The maximum absolute atomic E-state index is 12.7. The van der Waals surface area contributed by atoms with Crippen molar-refractivity contribution in [3.63, 3.8) is 0 Å². The zero-order valence-electron chi connectivity index (χ0n) is 13.5. The molecule has 0 spiro atoms. The summed E-state index contributed by atoms with van der Waals surface area (Å²) in [5.41, 5.74) is 1.14. The average Bonchev–Trinajstić information content (AvgIpc) is 3.01. The lowest BCUT2D eigenvalue weighted by atomic mass is 10.1. The van der Waals surface area contributed by atoms with Crippen LogP contribution in [0.3, 0.4) is 0 Å². The van der Waals surface area contributed by atoms with Gasteiger partial charge in [-0.3, -0.25) is 0 Å². The fourth-order valence-corrected chi connectivity index (χ4v) is 4.54. The largest absolute Gasteiger partial charge is 0.315 e. The van der Waals surface area contributed by atoms with Gasteiger partial charge in [-0.25, -0.2) is 8.42 Å². The van der Waals surface area contributed by atoms with E-state index in [4.69, 9.17) is 0 Å². The summed E-state index contributed by atoms with van der Waals surface area (Å²) < 4.78 is 29.1. The van der Waals surface area contributed by atoms with Gasteiger partial charge < -0.3 is 4.57 Å². The highest BCUT2D eigenvalue weighted by molar-refractivity contribution is 7.89. The Morgan fingerprint density at radius 2 is 1.83 bits per heavy atom. The summed E-state index contributed by atoms with van der Waals surface area (Å²) in [4.78, 5) is 0.383. The molecule has 0 atom stereocenters. The molecular formula is C16H22N4O2S. The summed E-state index contributed by atoms with van der Waals surface area (Å²) in [7, 11) is -3.40. The third kappa shape index (κ3) is 3.16. The monoisotopic (exact) mass is 334 g/mol. The SMILES string of the molecule is CCc1ccc(S(=O)(=O)N2CCC(n3cnnc3C)CC2)cc1. The van der Waals surface area contributed by atoms with E-state index in [1.54, 1.807) is 22.8 Å². The number of aromatic nitrogens is 3. The summed E-state index contributed by atoms with van der Waals surface area (Å²) >= 11 is 0. The molecule has 1 aliphatic heterocycles. The number of piperidine rings is 1. The Balaban J connectivity index is 1.72. The second-order valence-electron chi connectivity index (χ2n) is 5.92. The van der Waals surface area contributed by atoms with Crippen molar-refractivity contribution >= 4 is 10.0 Å². The first-order valence-corrected chi connectivity index (χ1v) is 9.41. The third-order valence-electron chi connectivity index (χ3n) is 4.54. The van der Waals surface area contributed by atoms with Crippen LogP contribution in [0.2, 0.25) is 0 Å². The molecule has 0 saturated carbocycles. The van der Waals surface area contributed by atoms with Gasteiger partial charge in [0.25, 0.3) is 0 Å². The van der Waals surface area contributed by atoms with E-state index in [0.717, 1.165) is 30.7 Å². The van der Waals surface area contributed by atoms with E-state index >= 15 is 0 Å². The first-order chi connectivity index (χ1) is 11.0. The van der Waals surface area contributed by atoms with Crippen LogP contribution in [0.4, 0.5) is 0 Å². The third-order valence-corrected chi connectivity index (χ3v) is 6.45. The second-order valence-corrected chi connectivity index (χ2v) is 7.86. The second kappa shape index (κ2) is 6.41. The van der Waals surface area contributed by atoms with Gasteiger partial charge in [-0.1, -0.05) is 19.1 Å². The number of aryl methyl sites for hydroxylation is 2. The van der Waals surface area contributed by atoms with Crippen molar-refractivity contribution in [2.45, 2.75) is 44.0 Å². The minimum atomic E-state index is -3.40. The van der Waals surface area contributed by atoms with Crippen molar-refractivity contribution in [1.29, 1.82) is 0 Å². The zero-order chi connectivity index (χ0) is 16.4. The van der Waals surface area contributed by atoms with E-state index in [1.165, 1.54) is 0 Å². The molecule has 1 aromatic heterocycles. The Hall–Kier alpha value is -1.73. The van der Waals surface area contributed by atoms with Gasteiger partial charge in [-0.05, 0) is 43.9 Å². The van der Waals surface area contributed by atoms with E-state index in [9.17, 15) is 8.42 Å². The van der Waals surface area contributed by atoms with Crippen molar-refractivity contribution in [1.82, 2.24) is 19.1 Å². The van der Waals surface area contributed by atoms with Gasteiger partial charge in [0.1, 0.15) is 12.2 Å². The Labute approximate surface area is 137 Å². The summed E-state index contributed by atoms with van der Waals surface area (Å²) in [5, 5.41) is 7.91. The molecule has 0 radical (unpaired) electrons. The standard InChI is InChI=1S/C16H22N4O2S/c1-3-14-4-6-16(7-5-14)23(21,22)19-10-8-15(9-11-19)20-12-17-18-13(20)2/h4-7,12,15H,3,8-11H2,1-2H3. The van der Waals surface area contributed by atoms with E-state index in [0.29, 0.717) is 18.0 Å². The molecule has 0 N–H and O–H groups in total. The van der Waals surface area contributed by atoms with Crippen LogP contribution in [0.15, 0.2) is 35.5 Å². The number of rotatable bonds is 4. The van der Waals surface area contributed by atoms with Gasteiger partial charge in [0.2, 0.25) is 10.0 Å². The molecule has 124 valence electrons. The smallest absolute Gasteiger partial charge is 0.243 e. The summed E-state index contributed by atoms with van der Waals surface area (Å²) in [6.07, 6.45) is 4.20. The average molecular weight is 334 g/mol. The number of nitrogens with zero attached hydrogens (tertiary/aromatic N) is 4. The molecule has 1 saturated heterocycles. The van der Waals surface area contributed by atoms with Crippen LogP contribution in [-0.4, -0.2) is 40.6 Å². The van der Waals surface area contributed by atoms with Gasteiger partial charge in [0.15, 0.2) is 0 Å². The number of hydrogen-bond donors (Lipinski definition) is 0. The highest BCUT2D eigenvalue weighted by Gasteiger charge is 2.30. The maximum atomic E-state index is 12.7. The quantitative estimate of drug-likeness (QED) is 0.859. The molecule has 23 heavy (non-hydrogen) atoms. The topological polar surface area (TPSA) is 68.1 Å². The summed E-state index contributed by atoms with van der Waals surface area (Å²) in [6.45, 7) is 5.03. The summed E-state index contributed by atoms with van der Waals surface area (Å²) in [6, 6.07) is 7.48. The highest BCUT2D eigenvalue weighted by Crippen LogP contribution is 2.27. The lowest BCUT2D eigenvalue weighted by Gasteiger charge is -2.32. The predicted octanol–water partition coefficient (Wildman–Crippen LogP) is 2.17. The van der Waals surface area contributed by atoms with Crippen molar-refractivity contribution in [3.8, 4) is 0 Å². The molecule has 0 amide bonds. The van der Waals surface area contributed by atoms with Gasteiger partial charge in [-0.15, -0.1) is 10.2 Å². The van der Waals surface area contributed by atoms with Crippen LogP contribution >= 0.6 is 0 Å². The van der Waals surface area contributed by atoms with Crippen LogP contribution in [0.25, 0.3) is 0 Å². The Bertz CT molecular complexity index is 760. The fourth-order valence-electron chi connectivity index (χ4n) is 3.07. The molecule has 6 nitrogen and oxygen atoms in total. The van der Waals surface area contributed by atoms with Gasteiger partial charge in [0, 0.05) is 19.1 Å². The van der Waals surface area contributed by atoms with E-state index < -0.39 is 10.0 Å². The van der Waals surface area contributed by atoms with Crippen LogP contribution in [0, 0.1) is 6.92 Å². The molecule has 1 aliphatic rings. The molecule has 1 aromatic carbocycles. The first kappa shape index (κ1) is 16.1. The van der Waals surface area contributed by atoms with Crippen LogP contribution in [0.5, 0.6) is 0 Å². The molecule has 1 fully saturated rings. The molecule has 3 rings (SSSR count). The van der Waals surface area contributed by atoms with E-state index in [1.807, 2.05) is 23.6 Å². The van der Waals surface area contributed by atoms with Gasteiger partial charge in [0.05, 0.1) is 4.90 Å². The molecule has 0 aliphatic carbocycles. The fraction of sp³-hybridized carbons (Fsp3) is 0.500. The highest BCUT2D eigenvalue weighted by atomic mass is 32.2. The van der Waals surface area contributed by atoms with Crippen molar-refractivity contribution in [2.24, 2.45) is 0 Å². The predicted molar refractivity (Wildman–Crippen MR) is 87.6 cm³/mol. The lowest BCUT2D eigenvalue weighted by Crippen LogP contribution is -2.39. The molecule has 0 bridgehead atoms. The van der Waals surface area contributed by atoms with Crippen molar-refractivity contribution in [2.75, 3.05) is 13.1 Å². The number of sulfonamides is 1. The normalized spacial score (nSPS) is 17.5. The Morgan fingerprint density at radius 1 is 1.17 bits per heavy atom. The first-order valence-electron chi connectivity index (χ1n) is 7.97. The van der Waals surface area contributed by atoms with E-state index in [-0.39, 0.29) is 6.04 Å². The van der Waals surface area contributed by atoms with Crippen LogP contribution in [-0.2, 0) is 16.4 Å². The van der Waals surface area contributed by atoms with Crippen molar-refractivity contribution < 1.29 is 8.42 Å². The molecule has 0 unspecified atom stereocenters. The van der Waals surface area contributed by atoms with Crippen molar-refractivity contribution in [3.05, 3.63) is 42.0 Å². The maximum Gasteiger partial charge on any atom is 0.243 e. The zero-order valence-corrected chi connectivity index (χ0v) is 14.3. The minimum absolute atomic E-state index is 0.277. The molecule has 7 heteroatoms. The number of hydrogen-bond acceptors (Lipinski definition) is 4. The Morgan fingerprint density at radius 3 is 2.35 bits per heavy atom. The molecule has 2 heterocycles. The molecular weight excluding hydrogens is 312 g/mol. The Kier molecular flexibility index (Phi) is 4.50.